The average Bonchev–Trinajstić information content (AvgIpc) is 2.48. The lowest BCUT2D eigenvalue weighted by atomic mass is 9.90. The quantitative estimate of drug-likeness (QED) is 0.277. The third-order valence-electron chi connectivity index (χ3n) is 3.06. The lowest BCUT2D eigenvalue weighted by molar-refractivity contribution is 0.00457. The van der Waals surface area contributed by atoms with Crippen LogP contribution >= 0.6 is 0 Å². The molecule has 0 aliphatic heterocycles. The van der Waals surface area contributed by atoms with Gasteiger partial charge in [0.05, 0.1) is 0 Å². The van der Waals surface area contributed by atoms with Crippen molar-refractivity contribution in [2.45, 2.75) is 46.6 Å². The molecule has 0 saturated heterocycles. The van der Waals surface area contributed by atoms with E-state index in [9.17, 15) is 9.59 Å². The number of hydrogen-bond donors (Lipinski definition) is 1. The first kappa shape index (κ1) is 23.2. The summed E-state index contributed by atoms with van der Waals surface area (Å²) in [5.74, 6) is 4.83. The SMILES string of the molecule is C=CCN(CCC(C)(C)COC(=O)OCCON)C(=O)OC(C)(C)C. The van der Waals surface area contributed by atoms with Crippen LogP contribution in [0, 0.1) is 5.41 Å². The maximum Gasteiger partial charge on any atom is 0.508 e. The van der Waals surface area contributed by atoms with Crippen molar-refractivity contribution in [1.29, 1.82) is 0 Å². The standard InChI is InChI=1S/C17H32N2O6/c1-7-9-19(14(20)25-16(2,3)4)10-8-17(5,6)13-23-15(21)22-11-12-24-18/h7H,1,8-13,18H2,2-6H3. The summed E-state index contributed by atoms with van der Waals surface area (Å²) in [7, 11) is 0. The molecule has 8 heteroatoms. The van der Waals surface area contributed by atoms with E-state index in [0.29, 0.717) is 19.5 Å². The molecule has 0 fully saturated rings. The first-order valence-electron chi connectivity index (χ1n) is 8.21. The van der Waals surface area contributed by atoms with E-state index in [0.717, 1.165) is 0 Å². The van der Waals surface area contributed by atoms with Gasteiger partial charge in [0.1, 0.15) is 25.4 Å². The van der Waals surface area contributed by atoms with E-state index in [2.05, 4.69) is 11.4 Å². The number of ether oxygens (including phenoxy) is 3. The fourth-order valence-electron chi connectivity index (χ4n) is 1.72. The molecule has 8 nitrogen and oxygen atoms in total. The molecule has 0 spiro atoms. The van der Waals surface area contributed by atoms with Gasteiger partial charge in [-0.25, -0.2) is 15.5 Å². The Balaban J connectivity index is 4.42. The number of carbonyl (C=O) groups excluding carboxylic acids is 2. The highest BCUT2D eigenvalue weighted by Gasteiger charge is 2.26. The topological polar surface area (TPSA) is 100 Å². The number of nitrogens with two attached hydrogens (primary N) is 1. The smallest absolute Gasteiger partial charge is 0.444 e. The zero-order valence-corrected chi connectivity index (χ0v) is 16.0. The molecule has 0 heterocycles. The van der Waals surface area contributed by atoms with Crippen LogP contribution in [0.25, 0.3) is 0 Å². The third kappa shape index (κ3) is 12.2. The van der Waals surface area contributed by atoms with Crippen LogP contribution in [0.2, 0.25) is 0 Å². The van der Waals surface area contributed by atoms with E-state index in [1.165, 1.54) is 0 Å². The zero-order valence-electron chi connectivity index (χ0n) is 16.0. The fraction of sp³-hybridized carbons (Fsp3) is 0.765. The van der Waals surface area contributed by atoms with Gasteiger partial charge in [-0.2, -0.15) is 0 Å². The molecule has 0 rings (SSSR count). The van der Waals surface area contributed by atoms with Gasteiger partial charge in [-0.15, -0.1) is 6.58 Å². The number of carbonyl (C=O) groups is 2. The Hall–Kier alpha value is -1.80. The van der Waals surface area contributed by atoms with Crippen molar-refractivity contribution in [3.63, 3.8) is 0 Å². The summed E-state index contributed by atoms with van der Waals surface area (Å²) in [5.41, 5.74) is -0.906. The minimum absolute atomic E-state index is 0.0293. The van der Waals surface area contributed by atoms with Gasteiger partial charge < -0.3 is 23.9 Å². The van der Waals surface area contributed by atoms with Crippen LogP contribution in [0.15, 0.2) is 12.7 Å². The van der Waals surface area contributed by atoms with Crippen LogP contribution in [0.5, 0.6) is 0 Å². The second kappa shape index (κ2) is 10.9. The molecule has 0 aliphatic rings. The first-order valence-corrected chi connectivity index (χ1v) is 8.21. The van der Waals surface area contributed by atoms with Crippen LogP contribution in [-0.2, 0) is 19.0 Å². The van der Waals surface area contributed by atoms with Gasteiger partial charge in [0.25, 0.3) is 0 Å². The van der Waals surface area contributed by atoms with Gasteiger partial charge in [0.15, 0.2) is 0 Å². The van der Waals surface area contributed by atoms with E-state index < -0.39 is 17.8 Å². The summed E-state index contributed by atoms with van der Waals surface area (Å²) in [4.78, 5) is 29.5. The second-order valence-corrected chi connectivity index (χ2v) is 7.39. The summed E-state index contributed by atoms with van der Waals surface area (Å²) < 4.78 is 15.2. The minimum atomic E-state index is -0.778. The summed E-state index contributed by atoms with van der Waals surface area (Å²) >= 11 is 0. The van der Waals surface area contributed by atoms with Crippen molar-refractivity contribution in [2.24, 2.45) is 11.3 Å². The molecule has 0 saturated carbocycles. The predicted molar refractivity (Wildman–Crippen MR) is 93.8 cm³/mol. The molecular weight excluding hydrogens is 328 g/mol. The molecule has 0 aromatic rings. The Labute approximate surface area is 150 Å². The molecular formula is C17H32N2O6. The second-order valence-electron chi connectivity index (χ2n) is 7.39. The van der Waals surface area contributed by atoms with Crippen molar-refractivity contribution in [1.82, 2.24) is 4.90 Å². The highest BCUT2D eigenvalue weighted by Crippen LogP contribution is 2.22. The van der Waals surface area contributed by atoms with E-state index in [-0.39, 0.29) is 25.2 Å². The molecule has 0 unspecified atom stereocenters. The zero-order chi connectivity index (χ0) is 19.5. The summed E-state index contributed by atoms with van der Waals surface area (Å²) in [5, 5.41) is 0. The van der Waals surface area contributed by atoms with Crippen molar-refractivity contribution in [2.75, 3.05) is 32.9 Å². The van der Waals surface area contributed by atoms with Crippen molar-refractivity contribution in [3.8, 4) is 0 Å². The van der Waals surface area contributed by atoms with E-state index in [1.807, 2.05) is 34.6 Å². The van der Waals surface area contributed by atoms with Crippen molar-refractivity contribution < 1.29 is 28.6 Å². The Kier molecular flexibility index (Phi) is 10.2. The van der Waals surface area contributed by atoms with Crippen LogP contribution in [0.1, 0.15) is 41.0 Å². The highest BCUT2D eigenvalue weighted by atomic mass is 16.7. The number of hydrogen-bond acceptors (Lipinski definition) is 7. The first-order chi connectivity index (χ1) is 11.5. The van der Waals surface area contributed by atoms with E-state index in [1.54, 1.807) is 11.0 Å². The Morgan fingerprint density at radius 1 is 1.12 bits per heavy atom. The van der Waals surface area contributed by atoms with Gasteiger partial charge in [0, 0.05) is 18.5 Å². The van der Waals surface area contributed by atoms with Crippen LogP contribution in [0.3, 0.4) is 0 Å². The fourth-order valence-corrected chi connectivity index (χ4v) is 1.72. The van der Waals surface area contributed by atoms with Gasteiger partial charge in [-0.3, -0.25) is 0 Å². The average molecular weight is 360 g/mol. The molecule has 1 amide bonds. The summed E-state index contributed by atoms with van der Waals surface area (Å²) in [6.45, 7) is 14.1. The maximum atomic E-state index is 12.2. The Morgan fingerprint density at radius 2 is 1.76 bits per heavy atom. The molecule has 25 heavy (non-hydrogen) atoms. The number of amides is 1. The Morgan fingerprint density at radius 3 is 2.28 bits per heavy atom. The molecule has 0 aromatic carbocycles. The van der Waals surface area contributed by atoms with Crippen molar-refractivity contribution >= 4 is 12.2 Å². The predicted octanol–water partition coefficient (Wildman–Crippen LogP) is 2.87. The van der Waals surface area contributed by atoms with Gasteiger partial charge in [0.2, 0.25) is 0 Å². The van der Waals surface area contributed by atoms with Gasteiger partial charge in [-0.05, 0) is 27.2 Å². The lowest BCUT2D eigenvalue weighted by Crippen LogP contribution is -2.39. The molecule has 0 atom stereocenters. The lowest BCUT2D eigenvalue weighted by Gasteiger charge is -2.30. The van der Waals surface area contributed by atoms with Crippen LogP contribution in [-0.4, -0.2) is 55.7 Å². The largest absolute Gasteiger partial charge is 0.508 e. The monoisotopic (exact) mass is 360 g/mol. The molecule has 0 radical (unpaired) electrons. The highest BCUT2D eigenvalue weighted by molar-refractivity contribution is 5.68. The molecule has 0 aliphatic carbocycles. The maximum absolute atomic E-state index is 12.2. The molecule has 0 bridgehead atoms. The third-order valence-corrected chi connectivity index (χ3v) is 3.06. The normalized spacial score (nSPS) is 11.6. The van der Waals surface area contributed by atoms with Crippen LogP contribution in [0.4, 0.5) is 9.59 Å². The van der Waals surface area contributed by atoms with Gasteiger partial charge in [-0.1, -0.05) is 19.9 Å². The van der Waals surface area contributed by atoms with Crippen LogP contribution < -0.4 is 5.90 Å². The Bertz CT molecular complexity index is 431. The summed E-state index contributed by atoms with van der Waals surface area (Å²) in [6, 6.07) is 0. The van der Waals surface area contributed by atoms with Crippen molar-refractivity contribution in [3.05, 3.63) is 12.7 Å². The molecule has 0 aromatic heterocycles. The number of rotatable bonds is 10. The van der Waals surface area contributed by atoms with Gasteiger partial charge >= 0.3 is 12.2 Å². The minimum Gasteiger partial charge on any atom is -0.444 e. The van der Waals surface area contributed by atoms with E-state index in [4.69, 9.17) is 20.1 Å². The molecule has 2 N–H and O–H groups in total. The van der Waals surface area contributed by atoms with E-state index >= 15 is 0 Å². The summed E-state index contributed by atoms with van der Waals surface area (Å²) in [6.07, 6.45) is 1.08. The number of nitrogens with zero attached hydrogens (tertiary/aromatic N) is 1. The molecule has 146 valence electrons.